The van der Waals surface area contributed by atoms with Crippen LogP contribution in [0.3, 0.4) is 0 Å². The molecular formula is C21H19NO. The van der Waals surface area contributed by atoms with Crippen molar-refractivity contribution in [2.45, 2.75) is 13.8 Å². The van der Waals surface area contributed by atoms with Gasteiger partial charge in [0, 0.05) is 11.3 Å². The van der Waals surface area contributed by atoms with Crippen LogP contribution in [0.1, 0.15) is 21.5 Å². The van der Waals surface area contributed by atoms with Gasteiger partial charge in [-0.05, 0) is 54.3 Å². The van der Waals surface area contributed by atoms with Crippen molar-refractivity contribution < 1.29 is 4.79 Å². The second-order valence-corrected chi connectivity index (χ2v) is 5.66. The maximum atomic E-state index is 12.4. The van der Waals surface area contributed by atoms with Gasteiger partial charge in [0.2, 0.25) is 0 Å². The van der Waals surface area contributed by atoms with Gasteiger partial charge in [-0.15, -0.1) is 0 Å². The van der Waals surface area contributed by atoms with Crippen LogP contribution < -0.4 is 5.32 Å². The summed E-state index contributed by atoms with van der Waals surface area (Å²) in [5, 5.41) is 3.02. The summed E-state index contributed by atoms with van der Waals surface area (Å²) < 4.78 is 0. The summed E-state index contributed by atoms with van der Waals surface area (Å²) in [6.45, 7) is 4.10. The standard InChI is InChI=1S/C21H19NO/c1-15-8-6-7-11-19(15)18-13-12-16(2)20(14-18)22-21(23)17-9-4-3-5-10-17/h3-14H,1-2H3,(H,22,23). The number of hydrogen-bond donors (Lipinski definition) is 1. The number of benzene rings is 3. The average Bonchev–Trinajstić information content (AvgIpc) is 2.58. The highest BCUT2D eigenvalue weighted by molar-refractivity contribution is 6.04. The smallest absolute Gasteiger partial charge is 0.255 e. The van der Waals surface area contributed by atoms with Gasteiger partial charge >= 0.3 is 0 Å². The van der Waals surface area contributed by atoms with E-state index < -0.39 is 0 Å². The molecule has 0 fully saturated rings. The fourth-order valence-corrected chi connectivity index (χ4v) is 2.61. The van der Waals surface area contributed by atoms with E-state index in [9.17, 15) is 4.79 Å². The molecule has 0 spiro atoms. The Morgan fingerprint density at radius 1 is 0.783 bits per heavy atom. The van der Waals surface area contributed by atoms with Crippen LogP contribution in [0.2, 0.25) is 0 Å². The molecule has 1 N–H and O–H groups in total. The normalized spacial score (nSPS) is 10.3. The summed E-state index contributed by atoms with van der Waals surface area (Å²) in [7, 11) is 0. The molecule has 3 aromatic carbocycles. The number of hydrogen-bond acceptors (Lipinski definition) is 1. The molecule has 0 aliphatic heterocycles. The lowest BCUT2D eigenvalue weighted by Crippen LogP contribution is -2.12. The minimum atomic E-state index is -0.0874. The van der Waals surface area contributed by atoms with Crippen molar-refractivity contribution in [1.29, 1.82) is 0 Å². The fourth-order valence-electron chi connectivity index (χ4n) is 2.61. The molecule has 23 heavy (non-hydrogen) atoms. The Labute approximate surface area is 136 Å². The summed E-state index contributed by atoms with van der Waals surface area (Å²) in [5.74, 6) is -0.0874. The lowest BCUT2D eigenvalue weighted by Gasteiger charge is -2.12. The Bertz CT molecular complexity index is 837. The number of carbonyl (C=O) groups excluding carboxylic acids is 1. The Kier molecular flexibility index (Phi) is 4.24. The molecule has 0 bridgehead atoms. The maximum Gasteiger partial charge on any atom is 0.255 e. The van der Waals surface area contributed by atoms with Crippen LogP contribution in [0, 0.1) is 13.8 Å². The quantitative estimate of drug-likeness (QED) is 0.705. The molecule has 0 saturated heterocycles. The highest BCUT2D eigenvalue weighted by atomic mass is 16.1. The summed E-state index contributed by atoms with van der Waals surface area (Å²) in [6, 6.07) is 23.7. The van der Waals surface area contributed by atoms with Crippen LogP contribution in [-0.4, -0.2) is 5.91 Å². The van der Waals surface area contributed by atoms with E-state index in [1.807, 2.05) is 61.5 Å². The van der Waals surface area contributed by atoms with E-state index in [2.05, 4.69) is 30.4 Å². The van der Waals surface area contributed by atoms with Crippen molar-refractivity contribution in [2.24, 2.45) is 0 Å². The number of anilines is 1. The van der Waals surface area contributed by atoms with E-state index in [1.165, 1.54) is 11.1 Å². The Morgan fingerprint density at radius 3 is 2.22 bits per heavy atom. The highest BCUT2D eigenvalue weighted by Gasteiger charge is 2.09. The average molecular weight is 301 g/mol. The second kappa shape index (κ2) is 6.49. The van der Waals surface area contributed by atoms with Crippen LogP contribution in [0.5, 0.6) is 0 Å². The number of aryl methyl sites for hydroxylation is 2. The van der Waals surface area contributed by atoms with Gasteiger partial charge in [-0.2, -0.15) is 0 Å². The molecular weight excluding hydrogens is 282 g/mol. The van der Waals surface area contributed by atoms with E-state index >= 15 is 0 Å². The monoisotopic (exact) mass is 301 g/mol. The first kappa shape index (κ1) is 15.0. The maximum absolute atomic E-state index is 12.4. The molecule has 0 atom stereocenters. The lowest BCUT2D eigenvalue weighted by molar-refractivity contribution is 0.102. The van der Waals surface area contributed by atoms with Gasteiger partial charge in [0.05, 0.1) is 0 Å². The fraction of sp³-hybridized carbons (Fsp3) is 0.0952. The molecule has 3 aromatic rings. The topological polar surface area (TPSA) is 29.1 Å². The Hall–Kier alpha value is -2.87. The lowest BCUT2D eigenvalue weighted by atomic mass is 9.98. The van der Waals surface area contributed by atoms with Crippen LogP contribution in [0.4, 0.5) is 5.69 Å². The number of carbonyl (C=O) groups is 1. The molecule has 0 aliphatic rings. The van der Waals surface area contributed by atoms with Crippen molar-refractivity contribution in [2.75, 3.05) is 5.32 Å². The van der Waals surface area contributed by atoms with E-state index in [0.29, 0.717) is 5.56 Å². The third-order valence-corrected chi connectivity index (χ3v) is 3.98. The molecule has 0 radical (unpaired) electrons. The van der Waals surface area contributed by atoms with Crippen molar-refractivity contribution in [1.82, 2.24) is 0 Å². The van der Waals surface area contributed by atoms with Crippen LogP contribution in [0.25, 0.3) is 11.1 Å². The molecule has 0 heterocycles. The first-order valence-electron chi connectivity index (χ1n) is 7.68. The molecule has 0 unspecified atom stereocenters. The number of amides is 1. The van der Waals surface area contributed by atoms with E-state index in [0.717, 1.165) is 16.8 Å². The van der Waals surface area contributed by atoms with Crippen molar-refractivity contribution in [3.8, 4) is 11.1 Å². The predicted octanol–water partition coefficient (Wildman–Crippen LogP) is 5.22. The van der Waals surface area contributed by atoms with Gasteiger partial charge in [-0.25, -0.2) is 0 Å². The molecule has 0 saturated carbocycles. The van der Waals surface area contributed by atoms with E-state index in [1.54, 1.807) is 0 Å². The molecule has 2 heteroatoms. The van der Waals surface area contributed by atoms with Crippen LogP contribution >= 0.6 is 0 Å². The molecule has 1 amide bonds. The molecule has 0 aliphatic carbocycles. The summed E-state index contributed by atoms with van der Waals surface area (Å²) in [6.07, 6.45) is 0. The van der Waals surface area contributed by atoms with Crippen LogP contribution in [-0.2, 0) is 0 Å². The van der Waals surface area contributed by atoms with Crippen molar-refractivity contribution in [3.63, 3.8) is 0 Å². The van der Waals surface area contributed by atoms with Gasteiger partial charge in [0.1, 0.15) is 0 Å². The van der Waals surface area contributed by atoms with E-state index in [-0.39, 0.29) is 5.91 Å². The minimum Gasteiger partial charge on any atom is -0.322 e. The predicted molar refractivity (Wildman–Crippen MR) is 95.7 cm³/mol. The van der Waals surface area contributed by atoms with Gasteiger partial charge in [0.15, 0.2) is 0 Å². The van der Waals surface area contributed by atoms with Gasteiger partial charge in [-0.1, -0.05) is 54.6 Å². The Balaban J connectivity index is 1.93. The van der Waals surface area contributed by atoms with Crippen molar-refractivity contribution in [3.05, 3.63) is 89.5 Å². The molecule has 114 valence electrons. The zero-order valence-corrected chi connectivity index (χ0v) is 13.3. The van der Waals surface area contributed by atoms with Crippen molar-refractivity contribution >= 4 is 11.6 Å². The second-order valence-electron chi connectivity index (χ2n) is 5.66. The summed E-state index contributed by atoms with van der Waals surface area (Å²) in [5.41, 5.74) is 6.07. The van der Waals surface area contributed by atoms with Gasteiger partial charge < -0.3 is 5.32 Å². The largest absolute Gasteiger partial charge is 0.322 e. The molecule has 0 aromatic heterocycles. The third kappa shape index (κ3) is 3.32. The first-order chi connectivity index (χ1) is 11.1. The number of nitrogens with one attached hydrogen (secondary N) is 1. The Morgan fingerprint density at radius 2 is 1.48 bits per heavy atom. The van der Waals surface area contributed by atoms with Gasteiger partial charge in [0.25, 0.3) is 5.91 Å². The number of rotatable bonds is 3. The first-order valence-corrected chi connectivity index (χ1v) is 7.68. The summed E-state index contributed by atoms with van der Waals surface area (Å²) in [4.78, 5) is 12.4. The third-order valence-electron chi connectivity index (χ3n) is 3.98. The highest BCUT2D eigenvalue weighted by Crippen LogP contribution is 2.28. The minimum absolute atomic E-state index is 0.0874. The van der Waals surface area contributed by atoms with Gasteiger partial charge in [-0.3, -0.25) is 4.79 Å². The van der Waals surface area contributed by atoms with Crippen LogP contribution in [0.15, 0.2) is 72.8 Å². The SMILES string of the molecule is Cc1ccc(-c2ccccc2C)cc1NC(=O)c1ccccc1. The zero-order chi connectivity index (χ0) is 16.2. The summed E-state index contributed by atoms with van der Waals surface area (Å²) >= 11 is 0. The zero-order valence-electron chi connectivity index (χ0n) is 13.3. The van der Waals surface area contributed by atoms with E-state index in [4.69, 9.17) is 0 Å². The molecule has 3 rings (SSSR count). The molecule has 2 nitrogen and oxygen atoms in total.